The summed E-state index contributed by atoms with van der Waals surface area (Å²) >= 11 is 0. The van der Waals surface area contributed by atoms with E-state index in [2.05, 4.69) is 15.4 Å². The molecule has 0 aromatic heterocycles. The van der Waals surface area contributed by atoms with E-state index in [1.54, 1.807) is 36.4 Å². The zero-order valence-corrected chi connectivity index (χ0v) is 27.7. The van der Waals surface area contributed by atoms with E-state index in [0.29, 0.717) is 35.1 Å². The number of alkyl halides is 3. The van der Waals surface area contributed by atoms with Gasteiger partial charge in [0.2, 0.25) is 5.91 Å². The largest absolute Gasteiger partial charge is 0.456 e. The molecule has 0 unspecified atom stereocenters. The van der Waals surface area contributed by atoms with Crippen LogP contribution in [-0.4, -0.2) is 78.9 Å². The van der Waals surface area contributed by atoms with Crippen molar-refractivity contribution in [2.75, 3.05) is 19.8 Å². The highest BCUT2D eigenvalue weighted by Crippen LogP contribution is 2.45. The van der Waals surface area contributed by atoms with Crippen LogP contribution in [0.15, 0.2) is 90.5 Å². The second kappa shape index (κ2) is 15.5. The molecule has 1 fully saturated rings. The summed E-state index contributed by atoms with van der Waals surface area (Å²) in [5, 5.41) is 14.4. The molecule has 3 N–H and O–H groups in total. The number of aliphatic hydroxyl groups excluding tert-OH is 1. The molecule has 1 heterocycles. The van der Waals surface area contributed by atoms with E-state index >= 15 is 0 Å². The number of carbonyl (C=O) groups is 4. The first kappa shape index (κ1) is 36.5. The minimum absolute atomic E-state index is 0.000622. The predicted molar refractivity (Wildman–Crippen MR) is 178 cm³/mol. The van der Waals surface area contributed by atoms with E-state index in [1.807, 2.05) is 24.3 Å². The average molecular weight is 721 g/mol. The third-order valence-electron chi connectivity index (χ3n) is 8.72. The Morgan fingerprint density at radius 2 is 1.63 bits per heavy atom. The van der Waals surface area contributed by atoms with Gasteiger partial charge in [-0.2, -0.15) is 13.2 Å². The molecule has 3 atom stereocenters. The fourth-order valence-electron chi connectivity index (χ4n) is 6.39. The molecule has 1 saturated heterocycles. The topological polar surface area (TPSA) is 149 Å². The second-order valence-electron chi connectivity index (χ2n) is 12.6. The Morgan fingerprint density at radius 1 is 0.904 bits per heavy atom. The fraction of sp³-hybridized carbons (Fsp3) is 0.316. The number of esters is 2. The van der Waals surface area contributed by atoms with Crippen LogP contribution in [0.2, 0.25) is 0 Å². The Morgan fingerprint density at radius 3 is 2.37 bits per heavy atom. The predicted octanol–water partition coefficient (Wildman–Crippen LogP) is 3.98. The van der Waals surface area contributed by atoms with Gasteiger partial charge in [0.1, 0.15) is 18.3 Å². The quantitative estimate of drug-likeness (QED) is 0.198. The summed E-state index contributed by atoms with van der Waals surface area (Å²) in [7, 11) is 0. The molecule has 2 amide bonds. The van der Waals surface area contributed by atoms with Crippen LogP contribution in [0.1, 0.15) is 49.4 Å². The third kappa shape index (κ3) is 8.94. The molecule has 3 aromatic carbocycles. The van der Waals surface area contributed by atoms with Gasteiger partial charge in [-0.3, -0.25) is 9.59 Å². The van der Waals surface area contributed by atoms with E-state index in [0.717, 1.165) is 17.2 Å². The molecular formula is C38H35F3N2O9. The van der Waals surface area contributed by atoms with Crippen molar-refractivity contribution < 1.29 is 56.4 Å². The summed E-state index contributed by atoms with van der Waals surface area (Å²) in [6, 6.07) is 20.5. The van der Waals surface area contributed by atoms with Crippen molar-refractivity contribution in [3.63, 3.8) is 0 Å². The van der Waals surface area contributed by atoms with E-state index < -0.39 is 54.7 Å². The van der Waals surface area contributed by atoms with Crippen LogP contribution in [-0.2, 0) is 47.9 Å². The van der Waals surface area contributed by atoms with Crippen molar-refractivity contribution in [3.8, 4) is 0 Å². The number of ether oxygens (including phenoxy) is 4. The maximum atomic E-state index is 13.6. The maximum absolute atomic E-state index is 13.6. The molecule has 0 saturated carbocycles. The van der Waals surface area contributed by atoms with Gasteiger partial charge in [0, 0.05) is 49.6 Å². The lowest BCUT2D eigenvalue weighted by Crippen LogP contribution is -2.43. The SMILES string of the molecule is O=C(C=Cc1cccc(C(=O)O[C@@H]2CC(C(=O)NCc3cccc(C(=O)NCCO)c3)=C[C@H]3OC4(Cc5ccccc5C4)O[C@H]32)c1)OCC(F)(F)F. The molecule has 52 heavy (non-hydrogen) atoms. The number of benzene rings is 3. The third-order valence-corrected chi connectivity index (χ3v) is 8.72. The molecule has 3 aromatic rings. The molecule has 6 rings (SSSR count). The van der Waals surface area contributed by atoms with Crippen LogP contribution in [0.5, 0.6) is 0 Å². The highest BCUT2D eigenvalue weighted by molar-refractivity contribution is 5.95. The minimum Gasteiger partial charge on any atom is -0.456 e. The summed E-state index contributed by atoms with van der Waals surface area (Å²) in [6.45, 7) is -1.72. The Labute approximate surface area is 296 Å². The first-order chi connectivity index (χ1) is 24.9. The standard InChI is InChI=1S/C38H35F3N2O9/c39-38(40,41)22-49-32(45)12-11-23-5-3-10-26(15-23)36(48)50-30-17-29(35(47)43-21-24-6-4-9-25(16-24)34(46)42-13-14-44)18-31-33(30)52-37(51-31)19-27-7-1-2-8-28(27)20-37/h1-12,15-16,18,30-31,33,44H,13-14,17,19-22H2,(H,42,46)(H,43,47)/t30-,31-,33+/m1/s1. The number of hydrogen-bond donors (Lipinski definition) is 3. The molecule has 272 valence electrons. The Kier molecular flexibility index (Phi) is 10.9. The summed E-state index contributed by atoms with van der Waals surface area (Å²) in [6.07, 6.45) is -2.42. The van der Waals surface area contributed by atoms with Gasteiger partial charge in [0.25, 0.3) is 5.91 Å². The maximum Gasteiger partial charge on any atom is 0.422 e. The Balaban J connectivity index is 1.17. The van der Waals surface area contributed by atoms with Crippen LogP contribution in [0, 0.1) is 0 Å². The van der Waals surface area contributed by atoms with Gasteiger partial charge < -0.3 is 34.7 Å². The first-order valence-electron chi connectivity index (χ1n) is 16.5. The monoisotopic (exact) mass is 720 g/mol. The number of aliphatic hydroxyl groups is 1. The van der Waals surface area contributed by atoms with Crippen LogP contribution in [0.3, 0.4) is 0 Å². The Bertz CT molecular complexity index is 1880. The van der Waals surface area contributed by atoms with Crippen molar-refractivity contribution in [1.29, 1.82) is 0 Å². The highest BCUT2D eigenvalue weighted by atomic mass is 19.4. The number of nitrogens with one attached hydrogen (secondary N) is 2. The molecule has 14 heteroatoms. The highest BCUT2D eigenvalue weighted by Gasteiger charge is 2.55. The van der Waals surface area contributed by atoms with Gasteiger partial charge in [-0.1, -0.05) is 48.5 Å². The summed E-state index contributed by atoms with van der Waals surface area (Å²) in [5.41, 5.74) is 3.89. The first-order valence-corrected chi connectivity index (χ1v) is 16.5. The van der Waals surface area contributed by atoms with Crippen molar-refractivity contribution in [2.45, 2.75) is 56.1 Å². The number of carbonyl (C=O) groups excluding carboxylic acids is 4. The van der Waals surface area contributed by atoms with Crippen LogP contribution in [0.4, 0.5) is 13.2 Å². The normalized spacial score (nSPS) is 20.2. The van der Waals surface area contributed by atoms with Gasteiger partial charge in [-0.05, 0) is 58.7 Å². The molecule has 0 bridgehead atoms. The fourth-order valence-corrected chi connectivity index (χ4v) is 6.39. The lowest BCUT2D eigenvalue weighted by molar-refractivity contribution is -0.182. The zero-order valence-electron chi connectivity index (χ0n) is 27.7. The number of hydrogen-bond acceptors (Lipinski definition) is 9. The van der Waals surface area contributed by atoms with Crippen molar-refractivity contribution in [3.05, 3.63) is 124 Å². The van der Waals surface area contributed by atoms with Crippen molar-refractivity contribution in [1.82, 2.24) is 10.6 Å². The molecular weight excluding hydrogens is 685 g/mol. The molecule has 2 aliphatic carbocycles. The summed E-state index contributed by atoms with van der Waals surface area (Å²) in [4.78, 5) is 51.1. The average Bonchev–Trinajstić information content (AvgIpc) is 3.68. The minimum atomic E-state index is -4.66. The van der Waals surface area contributed by atoms with Gasteiger partial charge >= 0.3 is 18.1 Å². The second-order valence-corrected chi connectivity index (χ2v) is 12.6. The van der Waals surface area contributed by atoms with Gasteiger partial charge in [0.15, 0.2) is 12.4 Å². The van der Waals surface area contributed by atoms with Gasteiger partial charge in [-0.25, -0.2) is 9.59 Å². The van der Waals surface area contributed by atoms with Crippen LogP contribution >= 0.6 is 0 Å². The molecule has 0 radical (unpaired) electrons. The number of fused-ring (bicyclic) bond motifs is 2. The number of rotatable bonds is 11. The Hall–Kier alpha value is -5.31. The van der Waals surface area contributed by atoms with E-state index in [4.69, 9.17) is 19.3 Å². The van der Waals surface area contributed by atoms with E-state index in [9.17, 15) is 32.3 Å². The zero-order chi connectivity index (χ0) is 36.9. The summed E-state index contributed by atoms with van der Waals surface area (Å²) < 4.78 is 60.3. The van der Waals surface area contributed by atoms with Crippen LogP contribution < -0.4 is 10.6 Å². The molecule has 3 aliphatic rings. The number of halogens is 3. The molecule has 1 spiro atoms. The molecule has 1 aliphatic heterocycles. The lowest BCUT2D eigenvalue weighted by Gasteiger charge is -2.30. The van der Waals surface area contributed by atoms with Gasteiger partial charge in [0.05, 0.1) is 12.2 Å². The summed E-state index contributed by atoms with van der Waals surface area (Å²) in [5.74, 6) is -3.77. The van der Waals surface area contributed by atoms with Crippen molar-refractivity contribution in [2.24, 2.45) is 0 Å². The van der Waals surface area contributed by atoms with Crippen molar-refractivity contribution >= 4 is 29.8 Å². The number of amides is 2. The smallest absolute Gasteiger partial charge is 0.422 e. The van der Waals surface area contributed by atoms with E-state index in [-0.39, 0.29) is 37.6 Å². The van der Waals surface area contributed by atoms with E-state index in [1.165, 1.54) is 24.3 Å². The molecule has 11 nitrogen and oxygen atoms in total. The van der Waals surface area contributed by atoms with Gasteiger partial charge in [-0.15, -0.1) is 0 Å². The van der Waals surface area contributed by atoms with Crippen LogP contribution in [0.25, 0.3) is 6.08 Å². The lowest BCUT2D eigenvalue weighted by atomic mass is 9.91.